The molecule has 0 bridgehead atoms. The lowest BCUT2D eigenvalue weighted by atomic mass is 9.81. The van der Waals surface area contributed by atoms with Crippen LogP contribution < -0.4 is 10.5 Å². The van der Waals surface area contributed by atoms with Crippen LogP contribution in [0.1, 0.15) is 25.7 Å². The van der Waals surface area contributed by atoms with Crippen LogP contribution in [-0.4, -0.2) is 29.9 Å². The van der Waals surface area contributed by atoms with Gasteiger partial charge in [-0.25, -0.2) is 0 Å². The van der Waals surface area contributed by atoms with E-state index in [2.05, 4.69) is 0 Å². The number of hydrogen-bond acceptors (Lipinski definition) is 4. The summed E-state index contributed by atoms with van der Waals surface area (Å²) in [5.74, 6) is 0.374. The molecular formula is C16H20N2O3. The molecule has 2 fully saturated rings. The number of ether oxygens (including phenoxy) is 1. The van der Waals surface area contributed by atoms with Crippen molar-refractivity contribution in [3.63, 3.8) is 0 Å². The molecule has 3 rings (SSSR count). The molecule has 1 aromatic carbocycles. The van der Waals surface area contributed by atoms with E-state index in [1.807, 2.05) is 12.1 Å². The number of anilines is 1. The van der Waals surface area contributed by atoms with Crippen LogP contribution in [0.25, 0.3) is 0 Å². The van der Waals surface area contributed by atoms with Gasteiger partial charge in [0.05, 0.1) is 24.1 Å². The molecule has 2 atom stereocenters. The van der Waals surface area contributed by atoms with Gasteiger partial charge in [0.2, 0.25) is 11.8 Å². The molecule has 2 amide bonds. The predicted molar refractivity (Wildman–Crippen MR) is 78.5 cm³/mol. The molecule has 1 aromatic rings. The topological polar surface area (TPSA) is 72.6 Å². The van der Waals surface area contributed by atoms with E-state index in [-0.39, 0.29) is 30.3 Å². The molecule has 0 radical (unpaired) electrons. The van der Waals surface area contributed by atoms with E-state index < -0.39 is 0 Å². The number of carbonyl (C=O) groups is 2. The number of para-hydroxylation sites is 2. The van der Waals surface area contributed by atoms with Gasteiger partial charge in [-0.1, -0.05) is 25.0 Å². The second-order valence-electron chi connectivity index (χ2n) is 5.71. The van der Waals surface area contributed by atoms with Crippen molar-refractivity contribution in [2.75, 3.05) is 18.9 Å². The van der Waals surface area contributed by atoms with Crippen LogP contribution in [0.15, 0.2) is 24.3 Å². The average Bonchev–Trinajstić information content (AvgIpc) is 2.74. The van der Waals surface area contributed by atoms with Gasteiger partial charge in [0.25, 0.3) is 0 Å². The molecule has 2 N–H and O–H groups in total. The molecule has 0 spiro atoms. The molecule has 1 aliphatic heterocycles. The Labute approximate surface area is 124 Å². The zero-order valence-corrected chi connectivity index (χ0v) is 12.0. The van der Waals surface area contributed by atoms with Gasteiger partial charge in [-0.05, 0) is 25.0 Å². The normalized spacial score (nSPS) is 25.0. The Morgan fingerprint density at radius 2 is 1.71 bits per heavy atom. The zero-order chi connectivity index (χ0) is 14.8. The standard InChI is InChI=1S/C16H20N2O3/c17-13-7-3-4-8-14(13)21-10-9-18-15(19)11-5-1-2-6-12(11)16(18)20/h3-4,7-8,11-12H,1-2,5-6,9-10,17H2. The van der Waals surface area contributed by atoms with E-state index in [1.54, 1.807) is 12.1 Å². The van der Waals surface area contributed by atoms with Gasteiger partial charge >= 0.3 is 0 Å². The monoisotopic (exact) mass is 288 g/mol. The molecule has 5 nitrogen and oxygen atoms in total. The highest BCUT2D eigenvalue weighted by Gasteiger charge is 2.47. The molecular weight excluding hydrogens is 268 g/mol. The van der Waals surface area contributed by atoms with E-state index in [0.717, 1.165) is 25.7 Å². The van der Waals surface area contributed by atoms with Crippen LogP contribution in [0, 0.1) is 11.8 Å². The quantitative estimate of drug-likeness (QED) is 0.677. The molecule has 1 aliphatic carbocycles. The summed E-state index contributed by atoms with van der Waals surface area (Å²) in [4.78, 5) is 25.9. The highest BCUT2D eigenvalue weighted by Crippen LogP contribution is 2.37. The first kappa shape index (κ1) is 13.9. The van der Waals surface area contributed by atoms with Crippen LogP contribution >= 0.6 is 0 Å². The fraction of sp³-hybridized carbons (Fsp3) is 0.500. The third kappa shape index (κ3) is 2.60. The maximum Gasteiger partial charge on any atom is 0.233 e. The smallest absolute Gasteiger partial charge is 0.233 e. The van der Waals surface area contributed by atoms with Crippen LogP contribution in [0.5, 0.6) is 5.75 Å². The lowest BCUT2D eigenvalue weighted by Crippen LogP contribution is -2.34. The lowest BCUT2D eigenvalue weighted by molar-refractivity contribution is -0.140. The van der Waals surface area contributed by atoms with Crippen LogP contribution in [0.3, 0.4) is 0 Å². The van der Waals surface area contributed by atoms with E-state index >= 15 is 0 Å². The zero-order valence-electron chi connectivity index (χ0n) is 12.0. The molecule has 2 unspecified atom stereocenters. The SMILES string of the molecule is Nc1ccccc1OCCN1C(=O)C2CCCCC2C1=O. The summed E-state index contributed by atoms with van der Waals surface area (Å²) >= 11 is 0. The Balaban J connectivity index is 1.59. The molecule has 2 aliphatic rings. The van der Waals surface area contributed by atoms with Gasteiger partial charge in [0.1, 0.15) is 12.4 Å². The number of nitrogen functional groups attached to an aromatic ring is 1. The van der Waals surface area contributed by atoms with Crippen molar-refractivity contribution < 1.29 is 14.3 Å². The van der Waals surface area contributed by atoms with Crippen molar-refractivity contribution in [3.05, 3.63) is 24.3 Å². The predicted octanol–water partition coefficient (Wildman–Crippen LogP) is 1.82. The van der Waals surface area contributed by atoms with Crippen LogP contribution in [0.4, 0.5) is 5.69 Å². The summed E-state index contributed by atoms with van der Waals surface area (Å²) in [6.07, 6.45) is 3.78. The third-order valence-corrected chi connectivity index (χ3v) is 4.42. The lowest BCUT2D eigenvalue weighted by Gasteiger charge is -2.19. The van der Waals surface area contributed by atoms with E-state index in [0.29, 0.717) is 18.0 Å². The number of likely N-dealkylation sites (tertiary alicyclic amines) is 1. The first-order chi connectivity index (χ1) is 10.2. The minimum atomic E-state index is -0.0898. The second kappa shape index (κ2) is 5.76. The fourth-order valence-corrected chi connectivity index (χ4v) is 3.31. The van der Waals surface area contributed by atoms with E-state index in [4.69, 9.17) is 10.5 Å². The van der Waals surface area contributed by atoms with Crippen LogP contribution in [0.2, 0.25) is 0 Å². The number of hydrogen-bond donors (Lipinski definition) is 1. The summed E-state index contributed by atoms with van der Waals surface area (Å²) in [7, 11) is 0. The Morgan fingerprint density at radius 3 is 2.33 bits per heavy atom. The molecule has 5 heteroatoms. The van der Waals surface area contributed by atoms with Crippen molar-refractivity contribution in [1.29, 1.82) is 0 Å². The minimum absolute atomic E-state index is 0.0191. The number of imide groups is 1. The Kier molecular flexibility index (Phi) is 3.82. The van der Waals surface area contributed by atoms with E-state index in [9.17, 15) is 9.59 Å². The number of rotatable bonds is 4. The Bertz CT molecular complexity index is 534. The number of nitrogens with two attached hydrogens (primary N) is 1. The third-order valence-electron chi connectivity index (χ3n) is 4.42. The Morgan fingerprint density at radius 1 is 1.10 bits per heavy atom. The molecule has 0 aromatic heterocycles. The summed E-state index contributed by atoms with van der Waals surface area (Å²) in [5, 5.41) is 0. The number of fused-ring (bicyclic) bond motifs is 1. The molecule has 1 saturated carbocycles. The van der Waals surface area contributed by atoms with Gasteiger partial charge < -0.3 is 10.5 Å². The molecule has 112 valence electrons. The van der Waals surface area contributed by atoms with Crippen molar-refractivity contribution in [2.24, 2.45) is 11.8 Å². The number of benzene rings is 1. The number of carbonyl (C=O) groups excluding carboxylic acids is 2. The van der Waals surface area contributed by atoms with Crippen molar-refractivity contribution in [2.45, 2.75) is 25.7 Å². The summed E-state index contributed by atoms with van der Waals surface area (Å²) in [6, 6.07) is 7.21. The van der Waals surface area contributed by atoms with Gasteiger partial charge in [-0.15, -0.1) is 0 Å². The first-order valence-electron chi connectivity index (χ1n) is 7.51. The average molecular weight is 288 g/mol. The largest absolute Gasteiger partial charge is 0.490 e. The second-order valence-corrected chi connectivity index (χ2v) is 5.71. The van der Waals surface area contributed by atoms with Crippen molar-refractivity contribution in [3.8, 4) is 5.75 Å². The number of nitrogens with zero attached hydrogens (tertiary/aromatic N) is 1. The maximum atomic E-state index is 12.3. The summed E-state index contributed by atoms with van der Waals surface area (Å²) in [6.45, 7) is 0.587. The highest BCUT2D eigenvalue weighted by molar-refractivity contribution is 6.05. The summed E-state index contributed by atoms with van der Waals surface area (Å²) < 4.78 is 5.58. The van der Waals surface area contributed by atoms with Gasteiger partial charge in [0.15, 0.2) is 0 Å². The Hall–Kier alpha value is -2.04. The minimum Gasteiger partial charge on any atom is -0.490 e. The fourth-order valence-electron chi connectivity index (χ4n) is 3.31. The maximum absolute atomic E-state index is 12.3. The van der Waals surface area contributed by atoms with Crippen molar-refractivity contribution >= 4 is 17.5 Å². The number of amides is 2. The highest BCUT2D eigenvalue weighted by atomic mass is 16.5. The van der Waals surface area contributed by atoms with Gasteiger partial charge in [0, 0.05) is 0 Å². The van der Waals surface area contributed by atoms with Crippen molar-refractivity contribution in [1.82, 2.24) is 4.90 Å². The van der Waals surface area contributed by atoms with Gasteiger partial charge in [-0.3, -0.25) is 14.5 Å². The van der Waals surface area contributed by atoms with Crippen LogP contribution in [-0.2, 0) is 9.59 Å². The summed E-state index contributed by atoms with van der Waals surface area (Å²) in [5.41, 5.74) is 6.35. The van der Waals surface area contributed by atoms with Gasteiger partial charge in [-0.2, -0.15) is 0 Å². The molecule has 21 heavy (non-hydrogen) atoms. The molecule has 1 saturated heterocycles. The molecule has 1 heterocycles. The first-order valence-corrected chi connectivity index (χ1v) is 7.51. The van der Waals surface area contributed by atoms with E-state index in [1.165, 1.54) is 4.90 Å².